The van der Waals surface area contributed by atoms with Crippen molar-refractivity contribution in [1.29, 1.82) is 5.41 Å². The minimum atomic E-state index is -1.08. The SMILES string of the molecule is CCOc1cc(/C=C2\SC(=N)[C@@H](c3nccs3)C2=O)ccc1OCC(=O)O. The second-order valence-corrected chi connectivity index (χ2v) is 7.47. The fourth-order valence-electron chi connectivity index (χ4n) is 2.48. The first-order valence-electron chi connectivity index (χ1n) is 8.02. The molecule has 0 unspecified atom stereocenters. The summed E-state index contributed by atoms with van der Waals surface area (Å²) in [4.78, 5) is 28.0. The number of nitrogens with one attached hydrogen (secondary N) is 1. The molecule has 140 valence electrons. The molecule has 3 rings (SSSR count). The van der Waals surface area contributed by atoms with E-state index >= 15 is 0 Å². The number of carboxylic acids is 1. The molecule has 1 aromatic carbocycles. The van der Waals surface area contributed by atoms with Crippen molar-refractivity contribution >= 4 is 46.0 Å². The molecule has 27 heavy (non-hydrogen) atoms. The Hall–Kier alpha value is -2.65. The van der Waals surface area contributed by atoms with Crippen LogP contribution in [0.5, 0.6) is 11.5 Å². The van der Waals surface area contributed by atoms with Crippen molar-refractivity contribution in [2.75, 3.05) is 13.2 Å². The zero-order valence-electron chi connectivity index (χ0n) is 14.3. The molecule has 7 nitrogen and oxygen atoms in total. The van der Waals surface area contributed by atoms with Gasteiger partial charge >= 0.3 is 5.97 Å². The van der Waals surface area contributed by atoms with Crippen molar-refractivity contribution in [3.05, 3.63) is 45.3 Å². The van der Waals surface area contributed by atoms with Gasteiger partial charge in [0.05, 0.1) is 16.6 Å². The minimum Gasteiger partial charge on any atom is -0.490 e. The van der Waals surface area contributed by atoms with Crippen LogP contribution in [0.4, 0.5) is 0 Å². The summed E-state index contributed by atoms with van der Waals surface area (Å²) in [6.07, 6.45) is 3.32. The van der Waals surface area contributed by atoms with Gasteiger partial charge in [0, 0.05) is 11.6 Å². The second kappa shape index (κ2) is 8.36. The van der Waals surface area contributed by atoms with Gasteiger partial charge in [-0.25, -0.2) is 9.78 Å². The Morgan fingerprint density at radius 3 is 2.85 bits per heavy atom. The monoisotopic (exact) mass is 404 g/mol. The van der Waals surface area contributed by atoms with Gasteiger partial charge in [0.25, 0.3) is 0 Å². The smallest absolute Gasteiger partial charge is 0.341 e. The van der Waals surface area contributed by atoms with Crippen molar-refractivity contribution in [2.45, 2.75) is 12.8 Å². The summed E-state index contributed by atoms with van der Waals surface area (Å²) >= 11 is 2.48. The Bertz CT molecular complexity index is 908. The van der Waals surface area contributed by atoms with Crippen LogP contribution in [-0.4, -0.2) is 40.1 Å². The number of hydrogen-bond donors (Lipinski definition) is 2. The predicted octanol–water partition coefficient (Wildman–Crippen LogP) is 3.42. The molecule has 1 aromatic heterocycles. The van der Waals surface area contributed by atoms with Gasteiger partial charge in [0.15, 0.2) is 23.9 Å². The van der Waals surface area contributed by atoms with Crippen LogP contribution in [0, 0.1) is 5.41 Å². The number of allylic oxidation sites excluding steroid dienone is 1. The molecule has 1 aliphatic rings. The number of benzene rings is 1. The number of carbonyl (C=O) groups excluding carboxylic acids is 1. The number of ketones is 1. The molecule has 2 aromatic rings. The van der Waals surface area contributed by atoms with E-state index < -0.39 is 18.5 Å². The maximum atomic E-state index is 12.7. The average molecular weight is 404 g/mol. The third-order valence-corrected chi connectivity index (χ3v) is 5.44. The molecule has 1 atom stereocenters. The van der Waals surface area contributed by atoms with Crippen molar-refractivity contribution in [3.63, 3.8) is 0 Å². The summed E-state index contributed by atoms with van der Waals surface area (Å²) in [5, 5.41) is 19.5. The van der Waals surface area contributed by atoms with Crippen LogP contribution in [0.2, 0.25) is 0 Å². The van der Waals surface area contributed by atoms with E-state index in [-0.39, 0.29) is 10.8 Å². The van der Waals surface area contributed by atoms with Crippen LogP contribution >= 0.6 is 23.1 Å². The third kappa shape index (κ3) is 4.37. The Balaban J connectivity index is 1.86. The number of thiazole rings is 1. The van der Waals surface area contributed by atoms with Gasteiger partial charge in [-0.05, 0) is 30.7 Å². The lowest BCUT2D eigenvalue weighted by atomic mass is 10.0. The second-order valence-electron chi connectivity index (χ2n) is 5.46. The third-order valence-electron chi connectivity index (χ3n) is 3.60. The van der Waals surface area contributed by atoms with Crippen molar-refractivity contribution in [3.8, 4) is 11.5 Å². The zero-order chi connectivity index (χ0) is 19.4. The number of carbonyl (C=O) groups is 2. The largest absolute Gasteiger partial charge is 0.490 e. The Morgan fingerprint density at radius 1 is 1.37 bits per heavy atom. The molecule has 1 saturated heterocycles. The number of Topliss-reactive ketones (excluding diaryl/α,β-unsaturated/α-hetero) is 1. The van der Waals surface area contributed by atoms with Crippen LogP contribution in [-0.2, 0) is 9.59 Å². The van der Waals surface area contributed by atoms with E-state index in [1.54, 1.807) is 35.9 Å². The molecule has 1 aliphatic heterocycles. The number of rotatable bonds is 7. The summed E-state index contributed by atoms with van der Waals surface area (Å²) in [7, 11) is 0. The summed E-state index contributed by atoms with van der Waals surface area (Å²) in [5.74, 6) is -1.14. The molecular formula is C18H16N2O5S2. The first kappa shape index (κ1) is 19.1. The zero-order valence-corrected chi connectivity index (χ0v) is 15.9. The molecule has 0 bridgehead atoms. The van der Waals surface area contributed by atoms with Gasteiger partial charge < -0.3 is 14.6 Å². The van der Waals surface area contributed by atoms with Crippen LogP contribution in [0.15, 0.2) is 34.7 Å². The molecular weight excluding hydrogens is 388 g/mol. The lowest BCUT2D eigenvalue weighted by Crippen LogP contribution is -2.11. The molecule has 0 spiro atoms. The highest BCUT2D eigenvalue weighted by atomic mass is 32.2. The molecule has 0 aliphatic carbocycles. The number of thioether (sulfide) groups is 1. The fourth-order valence-corrected chi connectivity index (χ4v) is 4.29. The van der Waals surface area contributed by atoms with Crippen LogP contribution in [0.3, 0.4) is 0 Å². The van der Waals surface area contributed by atoms with Gasteiger partial charge in [-0.3, -0.25) is 10.2 Å². The van der Waals surface area contributed by atoms with Gasteiger partial charge in [0.1, 0.15) is 10.9 Å². The van der Waals surface area contributed by atoms with Crippen molar-refractivity contribution < 1.29 is 24.2 Å². The van der Waals surface area contributed by atoms with E-state index in [0.717, 1.165) is 11.8 Å². The first-order chi connectivity index (χ1) is 13.0. The topological polar surface area (TPSA) is 110 Å². The van der Waals surface area contributed by atoms with Crippen molar-refractivity contribution in [2.24, 2.45) is 0 Å². The maximum absolute atomic E-state index is 12.7. The standard InChI is InChI=1S/C18H16N2O5S2/c1-2-24-12-7-10(3-4-11(12)25-9-14(21)22)8-13-16(23)15(17(19)27-13)18-20-5-6-26-18/h3-8,15,19H,2,9H2,1H3,(H,21,22)/b13-8-,19-17?/t15-/m0/s1. The molecule has 9 heteroatoms. The number of ether oxygens (including phenoxy) is 2. The number of aliphatic carboxylic acids is 1. The van der Waals surface area contributed by atoms with E-state index in [2.05, 4.69) is 4.98 Å². The number of hydrogen-bond acceptors (Lipinski definition) is 8. The van der Waals surface area contributed by atoms with Gasteiger partial charge in [-0.2, -0.15) is 0 Å². The van der Waals surface area contributed by atoms with E-state index in [1.807, 2.05) is 6.92 Å². The van der Waals surface area contributed by atoms with Crippen molar-refractivity contribution in [1.82, 2.24) is 4.98 Å². The maximum Gasteiger partial charge on any atom is 0.341 e. The molecule has 2 N–H and O–H groups in total. The summed E-state index contributed by atoms with van der Waals surface area (Å²) in [6.45, 7) is 1.72. The highest BCUT2D eigenvalue weighted by Crippen LogP contribution is 2.41. The highest BCUT2D eigenvalue weighted by Gasteiger charge is 2.38. The lowest BCUT2D eigenvalue weighted by Gasteiger charge is -2.11. The van der Waals surface area contributed by atoms with Crippen LogP contribution < -0.4 is 9.47 Å². The molecule has 2 heterocycles. The van der Waals surface area contributed by atoms with E-state index in [4.69, 9.17) is 20.0 Å². The van der Waals surface area contributed by atoms with E-state index in [9.17, 15) is 9.59 Å². The molecule has 0 radical (unpaired) electrons. The van der Waals surface area contributed by atoms with Gasteiger partial charge in [0.2, 0.25) is 0 Å². The van der Waals surface area contributed by atoms with E-state index in [1.165, 1.54) is 11.3 Å². The summed E-state index contributed by atoms with van der Waals surface area (Å²) < 4.78 is 10.7. The number of carboxylic acid groups (broad SMARTS) is 1. The van der Waals surface area contributed by atoms with Gasteiger partial charge in [-0.1, -0.05) is 17.8 Å². The molecule has 0 saturated carbocycles. The Morgan fingerprint density at radius 2 is 2.19 bits per heavy atom. The van der Waals surface area contributed by atoms with Gasteiger partial charge in [-0.15, -0.1) is 11.3 Å². The van der Waals surface area contributed by atoms with E-state index in [0.29, 0.717) is 33.6 Å². The average Bonchev–Trinajstić information content (AvgIpc) is 3.23. The molecule has 1 fully saturated rings. The van der Waals surface area contributed by atoms with Crippen LogP contribution in [0.1, 0.15) is 23.4 Å². The quantitative estimate of drug-likeness (QED) is 0.680. The molecule has 0 amide bonds. The summed E-state index contributed by atoms with van der Waals surface area (Å²) in [6, 6.07) is 5.00. The minimum absolute atomic E-state index is 0.149. The number of nitrogens with zero attached hydrogens (tertiary/aromatic N) is 1. The van der Waals surface area contributed by atoms with Crippen LogP contribution in [0.25, 0.3) is 6.08 Å². The Kier molecular flexibility index (Phi) is 5.92. The first-order valence-corrected chi connectivity index (χ1v) is 9.72. The Labute approximate surface area is 163 Å². The normalized spacial score (nSPS) is 18.1. The predicted molar refractivity (Wildman–Crippen MR) is 104 cm³/mol. The lowest BCUT2D eigenvalue weighted by molar-refractivity contribution is -0.139. The summed E-state index contributed by atoms with van der Waals surface area (Å²) in [5.41, 5.74) is 0.699. The highest BCUT2D eigenvalue weighted by molar-refractivity contribution is 8.19. The fraction of sp³-hybridized carbons (Fsp3) is 0.222. The number of aromatic nitrogens is 1.